The molecule has 0 radical (unpaired) electrons. The van der Waals surface area contributed by atoms with Gasteiger partial charge in [-0.3, -0.25) is 4.98 Å². The largest absolute Gasteiger partial charge is 0.309 e. The van der Waals surface area contributed by atoms with Gasteiger partial charge in [-0.2, -0.15) is 0 Å². The molecule has 4 heteroatoms. The van der Waals surface area contributed by atoms with E-state index in [0.717, 1.165) is 44.9 Å². The number of aromatic nitrogens is 3. The molecule has 324 valence electrons. The highest BCUT2D eigenvalue weighted by Gasteiger charge is 2.19. The third kappa shape index (κ3) is 7.21. The Morgan fingerprint density at radius 1 is 0.362 bits per heavy atom. The first-order valence-corrected chi connectivity index (χ1v) is 24.3. The Morgan fingerprint density at radius 3 is 1.58 bits per heavy atom. The zero-order valence-electron chi connectivity index (χ0n) is 37.8. The molecule has 13 rings (SSSR count). The van der Waals surface area contributed by atoms with Crippen LogP contribution in [0, 0.1) is 6.92 Å². The molecule has 3 nitrogen and oxygen atoms in total. The Labute approximate surface area is 404 Å². The fourth-order valence-electron chi connectivity index (χ4n) is 10.3. The Bertz CT molecular complexity index is 3980. The Balaban J connectivity index is 0.905. The van der Waals surface area contributed by atoms with Crippen molar-refractivity contribution < 1.29 is 0 Å². The third-order valence-corrected chi connectivity index (χ3v) is 14.8. The van der Waals surface area contributed by atoms with E-state index in [4.69, 9.17) is 9.97 Å². The molecule has 0 atom stereocenters. The average Bonchev–Trinajstić information content (AvgIpc) is 3.97. The summed E-state index contributed by atoms with van der Waals surface area (Å²) in [6, 6.07) is 83.4. The minimum atomic E-state index is 0.963. The third-order valence-electron chi connectivity index (χ3n) is 13.7. The van der Waals surface area contributed by atoms with Crippen LogP contribution in [0.25, 0.3) is 126 Å². The number of fused-ring (bicyclic) bond motifs is 6. The van der Waals surface area contributed by atoms with Crippen LogP contribution in [0.4, 0.5) is 0 Å². The molecule has 0 spiro atoms. The summed E-state index contributed by atoms with van der Waals surface area (Å²) < 4.78 is 4.86. The minimum absolute atomic E-state index is 0.963. The summed E-state index contributed by atoms with van der Waals surface area (Å²) in [5, 5.41) is 4.93. The molecule has 0 aliphatic rings. The van der Waals surface area contributed by atoms with E-state index in [1.165, 1.54) is 86.5 Å². The number of nitrogens with zero attached hydrogens (tertiary/aromatic N) is 3. The molecular formula is C65H43N3S. The average molecular weight is 898 g/mol. The standard InChI is InChI=1S/C65H43N3S/c1-42-55(45-20-10-4-11-21-45)39-59(47-22-12-5-13-23-47)67-65(42)48-28-26-46(27-29-48)58-40-66-41-63-64(58)57-38-50(31-33-62(57)69-63)49-30-32-61-56(37-49)54-24-14-15-25-60(54)68(61)53-35-51(43-16-6-2-7-17-43)34-52(36-53)44-18-8-3-9-19-44/h2-41H,1H3. The molecule has 13 aromatic rings. The number of para-hydroxylation sites is 1. The van der Waals surface area contributed by atoms with Gasteiger partial charge in [0.05, 0.1) is 27.1 Å². The van der Waals surface area contributed by atoms with Gasteiger partial charge in [0, 0.05) is 61.0 Å². The number of thiophene rings is 1. The summed E-state index contributed by atoms with van der Waals surface area (Å²) in [5.74, 6) is 0. The van der Waals surface area contributed by atoms with Gasteiger partial charge in [-0.05, 0) is 117 Å². The number of rotatable bonds is 8. The lowest BCUT2D eigenvalue weighted by atomic mass is 9.93. The van der Waals surface area contributed by atoms with Crippen LogP contribution >= 0.6 is 11.3 Å². The summed E-state index contributed by atoms with van der Waals surface area (Å²) in [5.41, 5.74) is 20.6. The molecule has 0 amide bonds. The quantitative estimate of drug-likeness (QED) is 0.152. The van der Waals surface area contributed by atoms with Crippen LogP contribution in [-0.4, -0.2) is 14.5 Å². The van der Waals surface area contributed by atoms with E-state index >= 15 is 0 Å². The van der Waals surface area contributed by atoms with Gasteiger partial charge in [-0.1, -0.05) is 176 Å². The lowest BCUT2D eigenvalue weighted by Gasteiger charge is -2.15. The van der Waals surface area contributed by atoms with E-state index in [1.807, 2.05) is 12.4 Å². The number of hydrogen-bond donors (Lipinski definition) is 0. The molecule has 4 aromatic heterocycles. The van der Waals surface area contributed by atoms with Crippen molar-refractivity contribution in [3.05, 3.63) is 248 Å². The fourth-order valence-corrected chi connectivity index (χ4v) is 11.3. The topological polar surface area (TPSA) is 30.7 Å². The number of pyridine rings is 2. The molecule has 4 heterocycles. The van der Waals surface area contributed by atoms with Crippen LogP contribution in [0.2, 0.25) is 0 Å². The molecule has 0 fully saturated rings. The lowest BCUT2D eigenvalue weighted by molar-refractivity contribution is 1.18. The molecular weight excluding hydrogens is 855 g/mol. The molecule has 0 aliphatic carbocycles. The second kappa shape index (κ2) is 16.9. The second-order valence-electron chi connectivity index (χ2n) is 17.8. The van der Waals surface area contributed by atoms with Gasteiger partial charge in [-0.25, -0.2) is 4.98 Å². The Morgan fingerprint density at radius 2 is 0.899 bits per heavy atom. The van der Waals surface area contributed by atoms with Crippen molar-refractivity contribution in [2.45, 2.75) is 6.92 Å². The molecule has 0 bridgehead atoms. The van der Waals surface area contributed by atoms with E-state index in [-0.39, 0.29) is 0 Å². The summed E-state index contributed by atoms with van der Waals surface area (Å²) >= 11 is 1.80. The molecule has 0 saturated heterocycles. The van der Waals surface area contributed by atoms with Crippen LogP contribution in [0.3, 0.4) is 0 Å². The van der Waals surface area contributed by atoms with Crippen molar-refractivity contribution in [3.63, 3.8) is 0 Å². The molecule has 69 heavy (non-hydrogen) atoms. The Kier molecular flexibility index (Phi) is 9.92. The normalized spacial score (nSPS) is 11.6. The summed E-state index contributed by atoms with van der Waals surface area (Å²) in [4.78, 5) is 10.1. The van der Waals surface area contributed by atoms with Crippen molar-refractivity contribution in [1.82, 2.24) is 14.5 Å². The van der Waals surface area contributed by atoms with Gasteiger partial charge in [0.15, 0.2) is 0 Å². The van der Waals surface area contributed by atoms with Gasteiger partial charge in [0.1, 0.15) is 0 Å². The van der Waals surface area contributed by atoms with Gasteiger partial charge in [0.25, 0.3) is 0 Å². The zero-order chi connectivity index (χ0) is 45.8. The lowest BCUT2D eigenvalue weighted by Crippen LogP contribution is -1.96. The maximum Gasteiger partial charge on any atom is 0.0744 e. The highest BCUT2D eigenvalue weighted by atomic mass is 32.1. The van der Waals surface area contributed by atoms with Crippen molar-refractivity contribution in [2.75, 3.05) is 0 Å². The predicted molar refractivity (Wildman–Crippen MR) is 292 cm³/mol. The first kappa shape index (κ1) is 40.6. The predicted octanol–water partition coefficient (Wildman–Crippen LogP) is 17.9. The summed E-state index contributed by atoms with van der Waals surface area (Å²) in [7, 11) is 0. The molecule has 9 aromatic carbocycles. The molecule has 0 N–H and O–H groups in total. The first-order valence-electron chi connectivity index (χ1n) is 23.4. The van der Waals surface area contributed by atoms with Crippen molar-refractivity contribution in [3.8, 4) is 83.8 Å². The van der Waals surface area contributed by atoms with Gasteiger partial charge < -0.3 is 4.57 Å². The van der Waals surface area contributed by atoms with Crippen molar-refractivity contribution in [2.24, 2.45) is 0 Å². The molecule has 0 saturated carbocycles. The maximum absolute atomic E-state index is 5.29. The summed E-state index contributed by atoms with van der Waals surface area (Å²) in [6.07, 6.45) is 4.04. The van der Waals surface area contributed by atoms with E-state index in [1.54, 1.807) is 11.3 Å². The van der Waals surface area contributed by atoms with E-state index in [0.29, 0.717) is 0 Å². The zero-order valence-corrected chi connectivity index (χ0v) is 38.7. The monoisotopic (exact) mass is 897 g/mol. The number of benzene rings is 9. The minimum Gasteiger partial charge on any atom is -0.309 e. The van der Waals surface area contributed by atoms with Crippen molar-refractivity contribution >= 4 is 53.3 Å². The highest BCUT2D eigenvalue weighted by Crippen LogP contribution is 2.44. The molecule has 0 aliphatic heterocycles. The van der Waals surface area contributed by atoms with Crippen LogP contribution in [0.15, 0.2) is 243 Å². The van der Waals surface area contributed by atoms with Gasteiger partial charge in [-0.15, -0.1) is 11.3 Å². The fraction of sp³-hybridized carbons (Fsp3) is 0.0154. The van der Waals surface area contributed by atoms with Crippen LogP contribution < -0.4 is 0 Å². The van der Waals surface area contributed by atoms with E-state index < -0.39 is 0 Å². The maximum atomic E-state index is 5.29. The van der Waals surface area contributed by atoms with E-state index in [2.05, 4.69) is 242 Å². The van der Waals surface area contributed by atoms with Crippen LogP contribution in [0.5, 0.6) is 0 Å². The summed E-state index contributed by atoms with van der Waals surface area (Å²) in [6.45, 7) is 2.19. The SMILES string of the molecule is Cc1c(-c2ccccc2)cc(-c2ccccc2)nc1-c1ccc(-c2cncc3sc4ccc(-c5ccc6c(c5)c5ccccc5n6-c5cc(-c6ccccc6)cc(-c6ccccc6)c5)cc4c23)cc1. The van der Waals surface area contributed by atoms with Crippen LogP contribution in [-0.2, 0) is 0 Å². The first-order chi connectivity index (χ1) is 34.1. The highest BCUT2D eigenvalue weighted by molar-refractivity contribution is 7.25. The van der Waals surface area contributed by atoms with Gasteiger partial charge >= 0.3 is 0 Å². The van der Waals surface area contributed by atoms with Gasteiger partial charge in [0.2, 0.25) is 0 Å². The van der Waals surface area contributed by atoms with Crippen molar-refractivity contribution in [1.29, 1.82) is 0 Å². The molecule has 0 unspecified atom stereocenters. The van der Waals surface area contributed by atoms with Crippen LogP contribution in [0.1, 0.15) is 5.56 Å². The Hall–Kier alpha value is -8.70. The smallest absolute Gasteiger partial charge is 0.0744 e. The number of hydrogen-bond acceptors (Lipinski definition) is 3. The second-order valence-corrected chi connectivity index (χ2v) is 18.9. The van der Waals surface area contributed by atoms with E-state index in [9.17, 15) is 0 Å².